The molecular weight excluding hydrogens is 132 g/mol. The molecule has 0 aliphatic carbocycles. The monoisotopic (exact) mass is 146 g/mol. The highest BCUT2D eigenvalue weighted by Crippen LogP contribution is 2.19. The van der Waals surface area contributed by atoms with Gasteiger partial charge in [0.05, 0.1) is 6.61 Å². The van der Waals surface area contributed by atoms with Gasteiger partial charge >= 0.3 is 0 Å². The molecule has 0 aromatic heterocycles. The van der Waals surface area contributed by atoms with Crippen LogP contribution in [0, 0.1) is 5.92 Å². The number of hydrogen-bond acceptors (Lipinski definition) is 3. The van der Waals surface area contributed by atoms with Crippen molar-refractivity contribution in [1.82, 2.24) is 0 Å². The molecule has 1 aliphatic rings. The zero-order valence-electron chi connectivity index (χ0n) is 6.25. The van der Waals surface area contributed by atoms with Gasteiger partial charge in [0, 0.05) is 25.6 Å². The summed E-state index contributed by atoms with van der Waals surface area (Å²) in [7, 11) is 0. The van der Waals surface area contributed by atoms with E-state index < -0.39 is 0 Å². The standard InChI is InChI=1S/C7H14O3/c1-2-9-7-3-6(4-8)5-10-7/h6-8H,2-5H2,1H3. The van der Waals surface area contributed by atoms with Gasteiger partial charge in [0.15, 0.2) is 6.29 Å². The van der Waals surface area contributed by atoms with Crippen LogP contribution in [0.25, 0.3) is 0 Å². The van der Waals surface area contributed by atoms with Crippen LogP contribution < -0.4 is 0 Å². The first kappa shape index (κ1) is 7.98. The van der Waals surface area contributed by atoms with Crippen molar-refractivity contribution in [2.24, 2.45) is 5.92 Å². The van der Waals surface area contributed by atoms with Gasteiger partial charge in [-0.3, -0.25) is 0 Å². The molecule has 0 amide bonds. The van der Waals surface area contributed by atoms with Crippen LogP contribution in [0.5, 0.6) is 0 Å². The molecule has 1 rings (SSSR count). The molecule has 2 unspecified atom stereocenters. The largest absolute Gasteiger partial charge is 0.396 e. The van der Waals surface area contributed by atoms with Gasteiger partial charge < -0.3 is 14.6 Å². The lowest BCUT2D eigenvalue weighted by Gasteiger charge is -2.07. The second-order valence-corrected chi connectivity index (χ2v) is 2.50. The molecule has 0 aromatic rings. The van der Waals surface area contributed by atoms with Gasteiger partial charge in [0.25, 0.3) is 0 Å². The summed E-state index contributed by atoms with van der Waals surface area (Å²) in [5, 5.41) is 8.72. The van der Waals surface area contributed by atoms with E-state index in [9.17, 15) is 0 Å². The normalized spacial score (nSPS) is 33.0. The Labute approximate surface area is 60.9 Å². The number of hydrogen-bond donors (Lipinski definition) is 1. The van der Waals surface area contributed by atoms with E-state index in [-0.39, 0.29) is 18.8 Å². The Hall–Kier alpha value is -0.120. The van der Waals surface area contributed by atoms with Gasteiger partial charge in [-0.1, -0.05) is 0 Å². The van der Waals surface area contributed by atoms with Crippen molar-refractivity contribution in [3.8, 4) is 0 Å². The highest BCUT2D eigenvalue weighted by atomic mass is 16.7. The Morgan fingerprint density at radius 3 is 3.00 bits per heavy atom. The highest BCUT2D eigenvalue weighted by Gasteiger charge is 2.24. The van der Waals surface area contributed by atoms with Crippen LogP contribution in [0.15, 0.2) is 0 Å². The first-order chi connectivity index (χ1) is 4.86. The molecule has 1 heterocycles. The minimum Gasteiger partial charge on any atom is -0.396 e. The Morgan fingerprint density at radius 2 is 2.50 bits per heavy atom. The van der Waals surface area contributed by atoms with Crippen molar-refractivity contribution >= 4 is 0 Å². The van der Waals surface area contributed by atoms with Crippen LogP contribution in [0.1, 0.15) is 13.3 Å². The summed E-state index contributed by atoms with van der Waals surface area (Å²) >= 11 is 0. The summed E-state index contributed by atoms with van der Waals surface area (Å²) < 4.78 is 10.4. The average molecular weight is 146 g/mol. The summed E-state index contributed by atoms with van der Waals surface area (Å²) in [6.07, 6.45) is 0.770. The SMILES string of the molecule is CCOC1CC(CO)CO1. The van der Waals surface area contributed by atoms with E-state index in [0.29, 0.717) is 13.2 Å². The topological polar surface area (TPSA) is 38.7 Å². The van der Waals surface area contributed by atoms with E-state index in [2.05, 4.69) is 0 Å². The third-order valence-corrected chi connectivity index (χ3v) is 1.65. The number of aliphatic hydroxyl groups excluding tert-OH is 1. The summed E-state index contributed by atoms with van der Waals surface area (Å²) in [5.41, 5.74) is 0. The molecule has 10 heavy (non-hydrogen) atoms. The van der Waals surface area contributed by atoms with E-state index in [4.69, 9.17) is 14.6 Å². The predicted octanol–water partition coefficient (Wildman–Crippen LogP) is 0.378. The van der Waals surface area contributed by atoms with E-state index in [0.717, 1.165) is 6.42 Å². The fourth-order valence-corrected chi connectivity index (χ4v) is 1.08. The summed E-state index contributed by atoms with van der Waals surface area (Å²) in [5.74, 6) is 0.288. The predicted molar refractivity (Wildman–Crippen MR) is 36.6 cm³/mol. The van der Waals surface area contributed by atoms with Gasteiger partial charge in [-0.05, 0) is 6.92 Å². The fourth-order valence-electron chi connectivity index (χ4n) is 1.08. The second kappa shape index (κ2) is 3.91. The van der Waals surface area contributed by atoms with E-state index in [1.54, 1.807) is 0 Å². The molecule has 60 valence electrons. The molecule has 0 spiro atoms. The molecule has 0 saturated carbocycles. The lowest BCUT2D eigenvalue weighted by molar-refractivity contribution is -0.106. The van der Waals surface area contributed by atoms with Gasteiger partial charge in [-0.15, -0.1) is 0 Å². The lowest BCUT2D eigenvalue weighted by Crippen LogP contribution is -2.10. The zero-order valence-corrected chi connectivity index (χ0v) is 6.25. The Bertz CT molecular complexity index is 94.9. The Kier molecular flexibility index (Phi) is 3.12. The van der Waals surface area contributed by atoms with Crippen molar-refractivity contribution < 1.29 is 14.6 Å². The maximum Gasteiger partial charge on any atom is 0.158 e. The van der Waals surface area contributed by atoms with E-state index >= 15 is 0 Å². The molecule has 0 radical (unpaired) electrons. The minimum absolute atomic E-state index is 0.0675. The molecule has 0 aromatic carbocycles. The molecule has 1 aliphatic heterocycles. The van der Waals surface area contributed by atoms with Crippen molar-refractivity contribution in [2.75, 3.05) is 19.8 Å². The van der Waals surface area contributed by atoms with Crippen LogP contribution in [0.4, 0.5) is 0 Å². The third kappa shape index (κ3) is 1.94. The van der Waals surface area contributed by atoms with E-state index in [1.165, 1.54) is 0 Å². The van der Waals surface area contributed by atoms with Gasteiger partial charge in [0.1, 0.15) is 0 Å². The third-order valence-electron chi connectivity index (χ3n) is 1.65. The molecule has 0 bridgehead atoms. The first-order valence-electron chi connectivity index (χ1n) is 3.71. The van der Waals surface area contributed by atoms with E-state index in [1.807, 2.05) is 6.92 Å². The lowest BCUT2D eigenvalue weighted by atomic mass is 10.1. The fraction of sp³-hybridized carbons (Fsp3) is 1.00. The van der Waals surface area contributed by atoms with Gasteiger partial charge in [-0.25, -0.2) is 0 Å². The zero-order chi connectivity index (χ0) is 7.40. The number of ether oxygens (including phenoxy) is 2. The molecule has 2 atom stereocenters. The maximum absolute atomic E-state index is 8.72. The van der Waals surface area contributed by atoms with Crippen molar-refractivity contribution in [3.63, 3.8) is 0 Å². The van der Waals surface area contributed by atoms with Crippen LogP contribution in [-0.4, -0.2) is 31.2 Å². The smallest absolute Gasteiger partial charge is 0.158 e. The summed E-state index contributed by atoms with van der Waals surface area (Å²) in [4.78, 5) is 0. The molecular formula is C7H14O3. The molecule has 3 nitrogen and oxygen atoms in total. The first-order valence-corrected chi connectivity index (χ1v) is 3.71. The Morgan fingerprint density at radius 1 is 1.70 bits per heavy atom. The van der Waals surface area contributed by atoms with Crippen LogP contribution in [0.3, 0.4) is 0 Å². The Balaban J connectivity index is 2.15. The summed E-state index contributed by atoms with van der Waals surface area (Å²) in [6.45, 7) is 3.48. The minimum atomic E-state index is -0.0675. The molecule has 3 heteroatoms. The van der Waals surface area contributed by atoms with Crippen LogP contribution in [0.2, 0.25) is 0 Å². The summed E-state index contributed by atoms with van der Waals surface area (Å²) in [6, 6.07) is 0. The van der Waals surface area contributed by atoms with Gasteiger partial charge in [0.2, 0.25) is 0 Å². The van der Waals surface area contributed by atoms with Crippen molar-refractivity contribution in [3.05, 3.63) is 0 Å². The maximum atomic E-state index is 8.72. The second-order valence-electron chi connectivity index (χ2n) is 2.50. The van der Waals surface area contributed by atoms with Gasteiger partial charge in [-0.2, -0.15) is 0 Å². The quantitative estimate of drug-likeness (QED) is 0.625. The molecule has 1 saturated heterocycles. The van der Waals surface area contributed by atoms with Crippen molar-refractivity contribution in [1.29, 1.82) is 0 Å². The van der Waals surface area contributed by atoms with Crippen LogP contribution >= 0.6 is 0 Å². The number of aliphatic hydroxyl groups is 1. The highest BCUT2D eigenvalue weighted by molar-refractivity contribution is 4.66. The average Bonchev–Trinajstić information content (AvgIpc) is 2.37. The van der Waals surface area contributed by atoms with Crippen molar-refractivity contribution in [2.45, 2.75) is 19.6 Å². The molecule has 1 fully saturated rings. The number of rotatable bonds is 3. The van der Waals surface area contributed by atoms with Crippen LogP contribution in [-0.2, 0) is 9.47 Å². The molecule has 1 N–H and O–H groups in total.